The molecule has 1 aromatic rings. The molecular formula is C17H22N2O7S. The predicted octanol–water partition coefficient (Wildman–Crippen LogP) is 0.501. The molecule has 0 aromatic heterocycles. The number of methoxy groups -OCH3 is 2. The first-order valence-corrected chi connectivity index (χ1v) is 9.62. The first kappa shape index (κ1) is 20.8. The zero-order valence-corrected chi connectivity index (χ0v) is 16.4. The highest BCUT2D eigenvalue weighted by Gasteiger charge is 2.40. The Labute approximate surface area is 157 Å². The summed E-state index contributed by atoms with van der Waals surface area (Å²) in [5, 5.41) is 0. The number of esters is 2. The second-order valence-corrected chi connectivity index (χ2v) is 8.13. The Hall–Kier alpha value is -2.46. The lowest BCUT2D eigenvalue weighted by molar-refractivity contribution is -0.132. The summed E-state index contributed by atoms with van der Waals surface area (Å²) < 4.78 is 36.7. The van der Waals surface area contributed by atoms with Gasteiger partial charge in [-0.3, -0.25) is 4.79 Å². The number of benzene rings is 1. The topological polar surface area (TPSA) is 110 Å². The summed E-state index contributed by atoms with van der Waals surface area (Å²) >= 11 is 0. The lowest BCUT2D eigenvalue weighted by Crippen LogP contribution is -2.45. The Kier molecular flexibility index (Phi) is 6.22. The van der Waals surface area contributed by atoms with Crippen LogP contribution in [0.1, 0.15) is 33.6 Å². The van der Waals surface area contributed by atoms with Crippen LogP contribution in [-0.4, -0.2) is 76.4 Å². The molecule has 0 bridgehead atoms. The molecule has 0 unspecified atom stereocenters. The molecule has 148 valence electrons. The van der Waals surface area contributed by atoms with E-state index in [0.717, 1.165) is 30.7 Å². The summed E-state index contributed by atoms with van der Waals surface area (Å²) in [5.74, 6) is -1.91. The molecule has 0 aliphatic carbocycles. The van der Waals surface area contributed by atoms with E-state index in [2.05, 4.69) is 9.47 Å². The van der Waals surface area contributed by atoms with E-state index in [1.165, 1.54) is 11.0 Å². The molecule has 2 rings (SSSR count). The van der Waals surface area contributed by atoms with Gasteiger partial charge in [-0.15, -0.1) is 0 Å². The van der Waals surface area contributed by atoms with Crippen LogP contribution in [0.4, 0.5) is 0 Å². The summed E-state index contributed by atoms with van der Waals surface area (Å²) in [6.07, 6.45) is 0.931. The molecule has 1 saturated heterocycles. The number of likely N-dealkylation sites (N-methyl/N-ethyl adjacent to an activating group) is 1. The molecule has 1 heterocycles. The summed E-state index contributed by atoms with van der Waals surface area (Å²) in [5.41, 5.74) is -0.206. The number of nitrogens with zero attached hydrogens (tertiary/aromatic N) is 2. The smallest absolute Gasteiger partial charge is 0.337 e. The van der Waals surface area contributed by atoms with Crippen LogP contribution in [0.3, 0.4) is 0 Å². The van der Waals surface area contributed by atoms with Crippen LogP contribution in [0.25, 0.3) is 0 Å². The predicted molar refractivity (Wildman–Crippen MR) is 94.7 cm³/mol. The van der Waals surface area contributed by atoms with E-state index in [4.69, 9.17) is 0 Å². The van der Waals surface area contributed by atoms with Crippen molar-refractivity contribution in [2.24, 2.45) is 0 Å². The molecule has 1 aliphatic heterocycles. The number of carbonyl (C=O) groups excluding carboxylic acids is 3. The third kappa shape index (κ3) is 4.11. The van der Waals surface area contributed by atoms with E-state index in [0.29, 0.717) is 12.8 Å². The maximum Gasteiger partial charge on any atom is 0.337 e. The molecule has 1 amide bonds. The second kappa shape index (κ2) is 8.05. The van der Waals surface area contributed by atoms with Gasteiger partial charge < -0.3 is 14.4 Å². The van der Waals surface area contributed by atoms with Gasteiger partial charge in [-0.05, 0) is 31.0 Å². The third-order valence-electron chi connectivity index (χ3n) is 4.28. The highest BCUT2D eigenvalue weighted by Crippen LogP contribution is 2.28. The minimum Gasteiger partial charge on any atom is -0.465 e. The van der Waals surface area contributed by atoms with Crippen molar-refractivity contribution >= 4 is 27.9 Å². The van der Waals surface area contributed by atoms with Gasteiger partial charge >= 0.3 is 11.9 Å². The van der Waals surface area contributed by atoms with E-state index in [-0.39, 0.29) is 28.5 Å². The average Bonchev–Trinajstić information content (AvgIpc) is 3.16. The van der Waals surface area contributed by atoms with Gasteiger partial charge in [0, 0.05) is 20.6 Å². The van der Waals surface area contributed by atoms with Gasteiger partial charge in [0.1, 0.15) is 6.04 Å². The van der Waals surface area contributed by atoms with Gasteiger partial charge in [0.25, 0.3) is 0 Å². The molecule has 1 fully saturated rings. The number of rotatable bonds is 5. The first-order chi connectivity index (χ1) is 12.6. The lowest BCUT2D eigenvalue weighted by Gasteiger charge is -2.25. The lowest BCUT2D eigenvalue weighted by atomic mass is 10.1. The summed E-state index contributed by atoms with van der Waals surface area (Å²) in [6.45, 7) is 0.169. The van der Waals surface area contributed by atoms with Crippen LogP contribution in [0.15, 0.2) is 23.1 Å². The summed E-state index contributed by atoms with van der Waals surface area (Å²) in [6, 6.07) is 2.63. The standard InChI is InChI=1S/C17H22N2O7S/c1-18(2)15(20)14-6-5-7-19(14)27(23,24)13-9-11(16(21)25-3)8-12(10-13)17(22)26-4/h8-10,14H,5-7H2,1-4H3/t14-/m0/s1. The van der Waals surface area contributed by atoms with Gasteiger partial charge in [0.05, 0.1) is 30.2 Å². The Bertz CT molecular complexity index is 830. The van der Waals surface area contributed by atoms with Crippen molar-refractivity contribution < 1.29 is 32.3 Å². The normalized spacial score (nSPS) is 17.4. The van der Waals surface area contributed by atoms with E-state index in [1.54, 1.807) is 14.1 Å². The van der Waals surface area contributed by atoms with Crippen LogP contribution in [0.2, 0.25) is 0 Å². The SMILES string of the molecule is COC(=O)c1cc(C(=O)OC)cc(S(=O)(=O)N2CCC[C@H]2C(=O)N(C)C)c1. The number of sulfonamides is 1. The molecule has 1 aliphatic rings. The van der Waals surface area contributed by atoms with Crippen molar-refractivity contribution in [2.75, 3.05) is 34.9 Å². The Balaban J connectivity index is 2.55. The molecule has 1 aromatic carbocycles. The van der Waals surface area contributed by atoms with Crippen molar-refractivity contribution in [3.05, 3.63) is 29.3 Å². The monoisotopic (exact) mass is 398 g/mol. The van der Waals surface area contributed by atoms with Crippen LogP contribution in [0.5, 0.6) is 0 Å². The zero-order valence-electron chi connectivity index (χ0n) is 15.6. The second-order valence-electron chi connectivity index (χ2n) is 6.24. The number of amides is 1. The van der Waals surface area contributed by atoms with E-state index in [1.807, 2.05) is 0 Å². The highest BCUT2D eigenvalue weighted by atomic mass is 32.2. The number of hydrogen-bond acceptors (Lipinski definition) is 7. The van der Waals surface area contributed by atoms with Crippen molar-refractivity contribution in [3.63, 3.8) is 0 Å². The maximum atomic E-state index is 13.1. The molecule has 10 heteroatoms. The van der Waals surface area contributed by atoms with Gasteiger partial charge in [-0.1, -0.05) is 0 Å². The Morgan fingerprint density at radius 3 is 2.00 bits per heavy atom. The minimum atomic E-state index is -4.12. The molecule has 0 N–H and O–H groups in total. The van der Waals surface area contributed by atoms with Crippen LogP contribution < -0.4 is 0 Å². The third-order valence-corrected chi connectivity index (χ3v) is 6.17. The summed E-state index contributed by atoms with van der Waals surface area (Å²) in [4.78, 5) is 37.2. The van der Waals surface area contributed by atoms with Gasteiger partial charge in [-0.2, -0.15) is 4.31 Å². The number of hydrogen-bond donors (Lipinski definition) is 0. The van der Waals surface area contributed by atoms with Crippen molar-refractivity contribution in [2.45, 2.75) is 23.8 Å². The largest absolute Gasteiger partial charge is 0.465 e. The van der Waals surface area contributed by atoms with Crippen LogP contribution in [0, 0.1) is 0 Å². The van der Waals surface area contributed by atoms with E-state index in [9.17, 15) is 22.8 Å². The molecule has 1 atom stereocenters. The fourth-order valence-electron chi connectivity index (χ4n) is 2.93. The Morgan fingerprint density at radius 2 is 1.56 bits per heavy atom. The van der Waals surface area contributed by atoms with Gasteiger partial charge in [0.2, 0.25) is 15.9 Å². The fourth-order valence-corrected chi connectivity index (χ4v) is 4.65. The Morgan fingerprint density at radius 1 is 1.04 bits per heavy atom. The fraction of sp³-hybridized carbons (Fsp3) is 0.471. The van der Waals surface area contributed by atoms with Crippen LogP contribution >= 0.6 is 0 Å². The number of ether oxygens (including phenoxy) is 2. The van der Waals surface area contributed by atoms with Gasteiger partial charge in [-0.25, -0.2) is 18.0 Å². The number of carbonyl (C=O) groups is 3. The molecule has 0 spiro atoms. The quantitative estimate of drug-likeness (QED) is 0.664. The van der Waals surface area contributed by atoms with E-state index >= 15 is 0 Å². The molecule has 0 saturated carbocycles. The molecule has 9 nitrogen and oxygen atoms in total. The average molecular weight is 398 g/mol. The molecule has 0 radical (unpaired) electrons. The molecule has 27 heavy (non-hydrogen) atoms. The van der Waals surface area contributed by atoms with Crippen molar-refractivity contribution in [3.8, 4) is 0 Å². The van der Waals surface area contributed by atoms with Crippen molar-refractivity contribution in [1.29, 1.82) is 0 Å². The molecular weight excluding hydrogens is 376 g/mol. The zero-order chi connectivity index (χ0) is 20.4. The van der Waals surface area contributed by atoms with E-state index < -0.39 is 28.0 Å². The van der Waals surface area contributed by atoms with Gasteiger partial charge in [0.15, 0.2) is 0 Å². The van der Waals surface area contributed by atoms with Crippen molar-refractivity contribution in [1.82, 2.24) is 9.21 Å². The highest BCUT2D eigenvalue weighted by molar-refractivity contribution is 7.89. The maximum absolute atomic E-state index is 13.1. The van der Waals surface area contributed by atoms with Crippen LogP contribution in [-0.2, 0) is 24.3 Å². The first-order valence-electron chi connectivity index (χ1n) is 8.18. The summed E-state index contributed by atoms with van der Waals surface area (Å²) in [7, 11) is 1.28. The minimum absolute atomic E-state index is 0.103.